The Morgan fingerprint density at radius 3 is 2.43 bits per heavy atom. The molecule has 0 spiro atoms. The lowest BCUT2D eigenvalue weighted by Gasteiger charge is -2.25. The van der Waals surface area contributed by atoms with Crippen molar-refractivity contribution >= 4 is 39.2 Å². The largest absolute Gasteiger partial charge is 0.495 e. The summed E-state index contributed by atoms with van der Waals surface area (Å²) in [6, 6.07) is 5.76. The molecule has 1 heterocycles. The molecule has 0 radical (unpaired) electrons. The van der Waals surface area contributed by atoms with E-state index in [0.29, 0.717) is 6.42 Å². The number of alkyl halides is 3. The van der Waals surface area contributed by atoms with E-state index in [0.717, 1.165) is 12.1 Å². The zero-order chi connectivity index (χ0) is 26.2. The van der Waals surface area contributed by atoms with Crippen LogP contribution in [0.5, 0.6) is 5.75 Å². The third-order valence-corrected chi connectivity index (χ3v) is 7.21. The lowest BCUT2D eigenvalue weighted by atomic mass is 9.98. The van der Waals surface area contributed by atoms with Gasteiger partial charge in [0, 0.05) is 16.8 Å². The van der Waals surface area contributed by atoms with E-state index in [2.05, 4.69) is 25.2 Å². The van der Waals surface area contributed by atoms with E-state index in [1.54, 1.807) is 20.8 Å². The lowest BCUT2D eigenvalue weighted by Crippen LogP contribution is -2.42. The first-order valence-corrected chi connectivity index (χ1v) is 12.1. The highest BCUT2D eigenvalue weighted by atomic mass is 35.5. The SMILES string of the molecule is CCC(C)(C)NS(=O)(=O)c1cc(-c2c(Cl)cc(Nc3n[nH]c(N)n3)cc2C(F)(F)F)ccc1OC. The number of nitrogens with one attached hydrogen (secondary N) is 3. The highest BCUT2D eigenvalue weighted by Crippen LogP contribution is 2.44. The molecule has 5 N–H and O–H groups in total. The molecule has 0 aliphatic rings. The zero-order valence-corrected chi connectivity index (χ0v) is 20.8. The van der Waals surface area contributed by atoms with Crippen LogP contribution in [0, 0.1) is 0 Å². The molecule has 0 saturated heterocycles. The first-order chi connectivity index (χ1) is 16.2. The molecule has 1 aromatic heterocycles. The van der Waals surface area contributed by atoms with Gasteiger partial charge in [-0.05, 0) is 50.1 Å². The van der Waals surface area contributed by atoms with Gasteiger partial charge in [0.25, 0.3) is 0 Å². The molecule has 3 rings (SSSR count). The predicted octanol–water partition coefficient (Wildman–Crippen LogP) is 4.95. The third kappa shape index (κ3) is 5.97. The number of nitrogens with two attached hydrogens (primary N) is 1. The van der Waals surface area contributed by atoms with Crippen molar-refractivity contribution in [1.29, 1.82) is 0 Å². The molecular weight excluding hydrogens is 509 g/mol. The molecule has 0 aliphatic carbocycles. The molecule has 0 amide bonds. The Hall–Kier alpha value is -3.03. The molecule has 2 aromatic carbocycles. The first kappa shape index (κ1) is 26.6. The number of aromatic amines is 1. The predicted molar refractivity (Wildman–Crippen MR) is 127 cm³/mol. The van der Waals surface area contributed by atoms with Crippen LogP contribution in [0.3, 0.4) is 0 Å². The fraction of sp³-hybridized carbons (Fsp3) is 0.333. The number of rotatable bonds is 8. The van der Waals surface area contributed by atoms with E-state index in [1.165, 1.54) is 25.3 Å². The summed E-state index contributed by atoms with van der Waals surface area (Å²) in [5.74, 6) is -0.113. The summed E-state index contributed by atoms with van der Waals surface area (Å²) in [5, 5.41) is 8.41. The standard InChI is InChI=1S/C21H24ClF3N6O3S/c1-5-20(2,3)31-35(32,33)16-8-11(6-7-15(16)34-4)17-13(21(23,24)25)9-12(10-14(17)22)27-19-28-18(26)29-30-19/h6-10,31H,5H2,1-4H3,(H4,26,27,28,29,30). The van der Waals surface area contributed by atoms with E-state index in [9.17, 15) is 21.6 Å². The Balaban J connectivity index is 2.17. The van der Waals surface area contributed by atoms with Gasteiger partial charge in [-0.2, -0.15) is 18.2 Å². The second-order valence-electron chi connectivity index (χ2n) is 8.26. The number of halogens is 4. The van der Waals surface area contributed by atoms with Crippen LogP contribution in [0.2, 0.25) is 5.02 Å². The van der Waals surface area contributed by atoms with Crippen LogP contribution in [0.25, 0.3) is 11.1 Å². The molecule has 3 aromatic rings. The number of ether oxygens (including phenoxy) is 1. The number of hydrogen-bond acceptors (Lipinski definition) is 7. The Bertz CT molecular complexity index is 1340. The van der Waals surface area contributed by atoms with Gasteiger partial charge in [-0.3, -0.25) is 0 Å². The Morgan fingerprint density at radius 1 is 1.20 bits per heavy atom. The molecule has 190 valence electrons. The van der Waals surface area contributed by atoms with Crippen molar-refractivity contribution in [2.75, 3.05) is 18.2 Å². The van der Waals surface area contributed by atoms with E-state index in [4.69, 9.17) is 22.1 Å². The molecule has 0 aliphatic heterocycles. The van der Waals surface area contributed by atoms with Crippen LogP contribution in [0.4, 0.5) is 30.8 Å². The summed E-state index contributed by atoms with van der Waals surface area (Å²) in [4.78, 5) is 3.47. The van der Waals surface area contributed by atoms with Gasteiger partial charge in [-0.1, -0.05) is 24.6 Å². The van der Waals surface area contributed by atoms with Crippen LogP contribution in [0.15, 0.2) is 35.2 Å². The molecule has 14 heteroatoms. The number of methoxy groups -OCH3 is 1. The summed E-state index contributed by atoms with van der Waals surface area (Å²) < 4.78 is 76.2. The number of sulfonamides is 1. The first-order valence-electron chi connectivity index (χ1n) is 10.2. The van der Waals surface area contributed by atoms with Gasteiger partial charge in [-0.15, -0.1) is 5.10 Å². The van der Waals surface area contributed by atoms with Crippen LogP contribution in [-0.4, -0.2) is 36.2 Å². The molecule has 0 unspecified atom stereocenters. The average molecular weight is 533 g/mol. The van der Waals surface area contributed by atoms with Crippen molar-refractivity contribution in [2.45, 2.75) is 43.8 Å². The van der Waals surface area contributed by atoms with Crippen molar-refractivity contribution in [1.82, 2.24) is 19.9 Å². The van der Waals surface area contributed by atoms with E-state index >= 15 is 0 Å². The molecular formula is C21H24ClF3N6O3S. The second-order valence-corrected chi connectivity index (χ2v) is 10.3. The van der Waals surface area contributed by atoms with Crippen LogP contribution < -0.4 is 20.5 Å². The van der Waals surface area contributed by atoms with Gasteiger partial charge in [0.15, 0.2) is 0 Å². The monoisotopic (exact) mass is 532 g/mol. The summed E-state index contributed by atoms with van der Waals surface area (Å²) >= 11 is 6.31. The minimum Gasteiger partial charge on any atom is -0.495 e. The van der Waals surface area contributed by atoms with Crippen LogP contribution >= 0.6 is 11.6 Å². The Kier molecular flexibility index (Phi) is 7.25. The average Bonchev–Trinajstić information content (AvgIpc) is 3.16. The van der Waals surface area contributed by atoms with Gasteiger partial charge < -0.3 is 15.8 Å². The summed E-state index contributed by atoms with van der Waals surface area (Å²) in [5.41, 5.74) is 3.05. The van der Waals surface area contributed by atoms with Gasteiger partial charge in [0.1, 0.15) is 10.6 Å². The molecule has 35 heavy (non-hydrogen) atoms. The van der Waals surface area contributed by atoms with Crippen LogP contribution in [0.1, 0.15) is 32.8 Å². The fourth-order valence-corrected chi connectivity index (χ4v) is 5.20. The smallest absolute Gasteiger partial charge is 0.417 e. The van der Waals surface area contributed by atoms with Crippen LogP contribution in [-0.2, 0) is 16.2 Å². The van der Waals surface area contributed by atoms with Crippen molar-refractivity contribution in [3.8, 4) is 16.9 Å². The number of nitrogens with zero attached hydrogens (tertiary/aromatic N) is 2. The number of benzene rings is 2. The lowest BCUT2D eigenvalue weighted by molar-refractivity contribution is -0.137. The second kappa shape index (κ2) is 9.55. The maximum Gasteiger partial charge on any atom is 0.417 e. The molecule has 9 nitrogen and oxygen atoms in total. The minimum absolute atomic E-state index is 0.0293. The topological polar surface area (TPSA) is 135 Å². The molecule has 0 atom stereocenters. The highest BCUT2D eigenvalue weighted by molar-refractivity contribution is 7.89. The number of anilines is 3. The fourth-order valence-electron chi connectivity index (χ4n) is 3.19. The van der Waals surface area contributed by atoms with Gasteiger partial charge in [0.05, 0.1) is 17.7 Å². The van der Waals surface area contributed by atoms with Crippen molar-refractivity contribution in [2.24, 2.45) is 0 Å². The molecule has 0 fully saturated rings. The van der Waals surface area contributed by atoms with Gasteiger partial charge in [0.2, 0.25) is 21.9 Å². The van der Waals surface area contributed by atoms with Gasteiger partial charge in [-0.25, -0.2) is 18.2 Å². The zero-order valence-electron chi connectivity index (χ0n) is 19.2. The maximum absolute atomic E-state index is 14.1. The number of hydrogen-bond donors (Lipinski definition) is 4. The Morgan fingerprint density at radius 2 is 1.89 bits per heavy atom. The Labute approximate surface area is 205 Å². The van der Waals surface area contributed by atoms with E-state index in [1.807, 2.05) is 0 Å². The van der Waals surface area contributed by atoms with E-state index in [-0.39, 0.29) is 38.8 Å². The quantitative estimate of drug-likeness (QED) is 0.322. The summed E-state index contributed by atoms with van der Waals surface area (Å²) in [7, 11) is -2.89. The minimum atomic E-state index is -4.82. The summed E-state index contributed by atoms with van der Waals surface area (Å²) in [6.45, 7) is 5.17. The molecule has 0 bridgehead atoms. The number of H-pyrrole nitrogens is 1. The number of aromatic nitrogens is 3. The normalized spacial score (nSPS) is 12.6. The highest BCUT2D eigenvalue weighted by Gasteiger charge is 2.36. The van der Waals surface area contributed by atoms with E-state index < -0.39 is 32.9 Å². The third-order valence-electron chi connectivity index (χ3n) is 5.19. The van der Waals surface area contributed by atoms with Gasteiger partial charge >= 0.3 is 6.18 Å². The number of nitrogen functional groups attached to an aromatic ring is 1. The van der Waals surface area contributed by atoms with Crippen molar-refractivity contribution in [3.63, 3.8) is 0 Å². The van der Waals surface area contributed by atoms with Crippen molar-refractivity contribution in [3.05, 3.63) is 40.9 Å². The van der Waals surface area contributed by atoms with Crippen molar-refractivity contribution < 1.29 is 26.3 Å². The maximum atomic E-state index is 14.1. The summed E-state index contributed by atoms with van der Waals surface area (Å²) in [6.07, 6.45) is -4.35. The molecule has 0 saturated carbocycles.